The summed E-state index contributed by atoms with van der Waals surface area (Å²) in [5.74, 6) is -0.182. The fraction of sp³-hybridized carbons (Fsp3) is 0.0952. The van der Waals surface area contributed by atoms with E-state index in [-0.39, 0.29) is 6.42 Å². The summed E-state index contributed by atoms with van der Waals surface area (Å²) in [6, 6.07) is 16.7. The highest BCUT2D eigenvalue weighted by atomic mass is 35.5. The molecule has 0 radical (unpaired) electrons. The second kappa shape index (κ2) is 7.96. The van der Waals surface area contributed by atoms with Gasteiger partial charge in [-0.15, -0.1) is 11.3 Å². The van der Waals surface area contributed by atoms with Crippen LogP contribution < -0.4 is 4.74 Å². The molecule has 2 aromatic heterocycles. The highest BCUT2D eigenvalue weighted by molar-refractivity contribution is 7.13. The van der Waals surface area contributed by atoms with Crippen LogP contribution in [0.1, 0.15) is 11.1 Å². The maximum atomic E-state index is 10.7. The number of thiophene rings is 1. The van der Waals surface area contributed by atoms with Crippen LogP contribution in [0.25, 0.3) is 21.6 Å². The average molecular weight is 411 g/mol. The Labute approximate surface area is 170 Å². The molecular weight excluding hydrogens is 396 g/mol. The number of halogens is 1. The van der Waals surface area contributed by atoms with Gasteiger partial charge in [-0.3, -0.25) is 4.79 Å². The number of ether oxygens (including phenoxy) is 1. The van der Waals surface area contributed by atoms with Crippen molar-refractivity contribution in [2.45, 2.75) is 13.0 Å². The minimum Gasteiger partial charge on any atom is -0.489 e. The molecule has 0 unspecified atom stereocenters. The predicted molar refractivity (Wildman–Crippen MR) is 110 cm³/mol. The fourth-order valence-corrected chi connectivity index (χ4v) is 3.79. The number of benzene rings is 2. The molecule has 0 aliphatic rings. The molecule has 0 atom stereocenters. The van der Waals surface area contributed by atoms with E-state index in [0.717, 1.165) is 21.5 Å². The van der Waals surface area contributed by atoms with Gasteiger partial charge in [0.05, 0.1) is 22.3 Å². The molecule has 140 valence electrons. The normalized spacial score (nSPS) is 10.9. The zero-order valence-corrected chi connectivity index (χ0v) is 16.2. The van der Waals surface area contributed by atoms with E-state index in [4.69, 9.17) is 21.4 Å². The van der Waals surface area contributed by atoms with Crippen LogP contribution in [0, 0.1) is 0 Å². The summed E-state index contributed by atoms with van der Waals surface area (Å²) >= 11 is 7.90. The van der Waals surface area contributed by atoms with Gasteiger partial charge in [0, 0.05) is 0 Å². The van der Waals surface area contributed by atoms with E-state index in [1.807, 2.05) is 35.7 Å². The zero-order valence-electron chi connectivity index (χ0n) is 14.6. The second-order valence-electron chi connectivity index (χ2n) is 6.17. The van der Waals surface area contributed by atoms with Crippen molar-refractivity contribution in [1.29, 1.82) is 0 Å². The van der Waals surface area contributed by atoms with Crippen LogP contribution in [0.2, 0.25) is 5.15 Å². The van der Waals surface area contributed by atoms with Gasteiger partial charge in [-0.2, -0.15) is 0 Å². The standard InChI is InChI=1S/C21H15ClN2O3S/c22-21-20(18-2-1-9-28-18)23-16-8-5-14(10-17(16)24-21)12-27-15-6-3-13(4-7-15)11-19(25)26/h1-10H,11-12H2,(H,25,26). The number of aliphatic carboxylic acids is 1. The Morgan fingerprint density at radius 1 is 1.04 bits per heavy atom. The van der Waals surface area contributed by atoms with Crippen LogP contribution in [0.5, 0.6) is 5.75 Å². The van der Waals surface area contributed by atoms with Crippen molar-refractivity contribution in [2.24, 2.45) is 0 Å². The highest BCUT2D eigenvalue weighted by Gasteiger charge is 2.11. The van der Waals surface area contributed by atoms with Crippen LogP contribution in [-0.4, -0.2) is 21.0 Å². The van der Waals surface area contributed by atoms with E-state index in [9.17, 15) is 4.79 Å². The lowest BCUT2D eigenvalue weighted by molar-refractivity contribution is -0.136. The number of aromatic nitrogens is 2. The van der Waals surface area contributed by atoms with Crippen LogP contribution in [0.3, 0.4) is 0 Å². The molecule has 5 nitrogen and oxygen atoms in total. The maximum absolute atomic E-state index is 10.7. The van der Waals surface area contributed by atoms with Crippen molar-refractivity contribution < 1.29 is 14.6 Å². The summed E-state index contributed by atoms with van der Waals surface area (Å²) in [4.78, 5) is 20.8. The Kier molecular flexibility index (Phi) is 5.23. The van der Waals surface area contributed by atoms with Gasteiger partial charge < -0.3 is 9.84 Å². The summed E-state index contributed by atoms with van der Waals surface area (Å²) in [5.41, 5.74) is 3.85. The van der Waals surface area contributed by atoms with Crippen LogP contribution in [-0.2, 0) is 17.8 Å². The van der Waals surface area contributed by atoms with Gasteiger partial charge in [-0.1, -0.05) is 35.9 Å². The number of carboxylic acid groups (broad SMARTS) is 1. The summed E-state index contributed by atoms with van der Waals surface area (Å²) in [6.07, 6.45) is -0.00214. The molecular formula is C21H15ClN2O3S. The Hall–Kier alpha value is -2.96. The number of carbonyl (C=O) groups is 1. The smallest absolute Gasteiger partial charge is 0.307 e. The van der Waals surface area contributed by atoms with E-state index in [1.54, 1.807) is 35.6 Å². The van der Waals surface area contributed by atoms with Gasteiger partial charge in [-0.25, -0.2) is 9.97 Å². The summed E-state index contributed by atoms with van der Waals surface area (Å²) in [7, 11) is 0. The molecule has 4 aromatic rings. The molecule has 2 heterocycles. The number of hydrogen-bond donors (Lipinski definition) is 1. The first-order valence-corrected chi connectivity index (χ1v) is 9.78. The SMILES string of the molecule is O=C(O)Cc1ccc(OCc2ccc3nc(-c4cccs4)c(Cl)nc3c2)cc1. The first kappa shape index (κ1) is 18.4. The second-order valence-corrected chi connectivity index (χ2v) is 7.47. The molecule has 4 rings (SSSR count). The molecule has 7 heteroatoms. The number of hydrogen-bond acceptors (Lipinski definition) is 5. The lowest BCUT2D eigenvalue weighted by Gasteiger charge is -2.09. The fourth-order valence-electron chi connectivity index (χ4n) is 2.78. The molecule has 0 aliphatic carbocycles. The average Bonchev–Trinajstić information content (AvgIpc) is 3.21. The van der Waals surface area contributed by atoms with Crippen molar-refractivity contribution in [3.63, 3.8) is 0 Å². The van der Waals surface area contributed by atoms with Crippen molar-refractivity contribution in [2.75, 3.05) is 0 Å². The quantitative estimate of drug-likeness (QED) is 0.472. The molecule has 2 aromatic carbocycles. The zero-order chi connectivity index (χ0) is 19.5. The monoisotopic (exact) mass is 410 g/mol. The topological polar surface area (TPSA) is 72.3 Å². The predicted octanol–water partition coefficient (Wildman–Crippen LogP) is 5.22. The van der Waals surface area contributed by atoms with Crippen molar-refractivity contribution in [1.82, 2.24) is 9.97 Å². The first-order valence-electron chi connectivity index (χ1n) is 8.52. The van der Waals surface area contributed by atoms with Crippen LogP contribution in [0.4, 0.5) is 0 Å². The number of nitrogens with zero attached hydrogens (tertiary/aromatic N) is 2. The minimum absolute atomic E-state index is 0.00214. The minimum atomic E-state index is -0.855. The van der Waals surface area contributed by atoms with Crippen molar-refractivity contribution >= 4 is 39.9 Å². The molecule has 0 spiro atoms. The van der Waals surface area contributed by atoms with E-state index in [2.05, 4.69) is 9.97 Å². The third-order valence-electron chi connectivity index (χ3n) is 4.12. The van der Waals surface area contributed by atoms with Gasteiger partial charge in [-0.05, 0) is 46.8 Å². The summed E-state index contributed by atoms with van der Waals surface area (Å²) in [5, 5.41) is 11.2. The highest BCUT2D eigenvalue weighted by Crippen LogP contribution is 2.30. The lowest BCUT2D eigenvalue weighted by Crippen LogP contribution is -2.00. The van der Waals surface area contributed by atoms with Crippen LogP contribution >= 0.6 is 22.9 Å². The third-order valence-corrected chi connectivity index (χ3v) is 5.26. The molecule has 0 aliphatic heterocycles. The largest absolute Gasteiger partial charge is 0.489 e. The van der Waals surface area contributed by atoms with E-state index in [1.165, 1.54) is 0 Å². The van der Waals surface area contributed by atoms with Crippen molar-refractivity contribution in [3.8, 4) is 16.3 Å². The number of carboxylic acids is 1. The summed E-state index contributed by atoms with van der Waals surface area (Å²) in [6.45, 7) is 0.361. The van der Waals surface area contributed by atoms with Gasteiger partial charge >= 0.3 is 5.97 Å². The van der Waals surface area contributed by atoms with E-state index in [0.29, 0.717) is 28.7 Å². The number of rotatable bonds is 6. The summed E-state index contributed by atoms with van der Waals surface area (Å²) < 4.78 is 5.79. The lowest BCUT2D eigenvalue weighted by atomic mass is 10.1. The van der Waals surface area contributed by atoms with E-state index < -0.39 is 5.97 Å². The molecule has 0 fully saturated rings. The third kappa shape index (κ3) is 4.13. The van der Waals surface area contributed by atoms with Gasteiger partial charge in [0.1, 0.15) is 18.1 Å². The molecule has 28 heavy (non-hydrogen) atoms. The molecule has 0 amide bonds. The number of fused-ring (bicyclic) bond motifs is 1. The van der Waals surface area contributed by atoms with Crippen molar-refractivity contribution in [3.05, 3.63) is 76.3 Å². The first-order chi connectivity index (χ1) is 13.6. The van der Waals surface area contributed by atoms with Gasteiger partial charge in [0.15, 0.2) is 5.15 Å². The molecule has 1 N–H and O–H groups in total. The molecule has 0 saturated heterocycles. The van der Waals surface area contributed by atoms with Gasteiger partial charge in [0.25, 0.3) is 0 Å². The van der Waals surface area contributed by atoms with E-state index >= 15 is 0 Å². The molecule has 0 saturated carbocycles. The Bertz CT molecular complexity index is 1130. The van der Waals surface area contributed by atoms with Crippen LogP contribution in [0.15, 0.2) is 60.0 Å². The van der Waals surface area contributed by atoms with Gasteiger partial charge in [0.2, 0.25) is 0 Å². The Balaban J connectivity index is 1.50. The molecule has 0 bridgehead atoms. The Morgan fingerprint density at radius 2 is 1.82 bits per heavy atom. The maximum Gasteiger partial charge on any atom is 0.307 e. The Morgan fingerprint density at radius 3 is 2.54 bits per heavy atom.